The van der Waals surface area contributed by atoms with Crippen LogP contribution in [0.5, 0.6) is 0 Å². The minimum absolute atomic E-state index is 0.352. The molecule has 1 fully saturated rings. The maximum atomic E-state index is 10.6. The van der Waals surface area contributed by atoms with Gasteiger partial charge in [0.25, 0.3) is 0 Å². The third-order valence-electron chi connectivity index (χ3n) is 1.03. The van der Waals surface area contributed by atoms with Crippen molar-refractivity contribution in [3.63, 3.8) is 0 Å². The predicted octanol–water partition coefficient (Wildman–Crippen LogP) is -0.562. The summed E-state index contributed by atoms with van der Waals surface area (Å²) in [5.41, 5.74) is 0. The van der Waals surface area contributed by atoms with E-state index >= 15 is 0 Å². The fraction of sp³-hybridized carbons (Fsp3) is 0.500. The summed E-state index contributed by atoms with van der Waals surface area (Å²) < 4.78 is 4.17. The van der Waals surface area contributed by atoms with Crippen LogP contribution in [0.4, 0.5) is 4.79 Å². The van der Waals surface area contributed by atoms with E-state index in [1.165, 1.54) is 0 Å². The molecule has 4 nitrogen and oxygen atoms in total. The lowest BCUT2D eigenvalue weighted by Gasteiger charge is -1.99. The fourth-order valence-electron chi connectivity index (χ4n) is 0.599. The number of amides is 1. The highest BCUT2D eigenvalue weighted by Gasteiger charge is 2.31. The lowest BCUT2D eigenvalue weighted by molar-refractivity contribution is -0.134. The quantitative estimate of drug-likeness (QED) is 0.331. The summed E-state index contributed by atoms with van der Waals surface area (Å²) in [6.45, 7) is 0. The lowest BCUT2D eigenvalue weighted by Crippen LogP contribution is -2.30. The van der Waals surface area contributed by atoms with Crippen LogP contribution in [0.15, 0.2) is 0 Å². The fourth-order valence-corrected chi connectivity index (χ4v) is 1.01. The zero-order valence-electron chi connectivity index (χ0n) is 4.99. The zero-order chi connectivity index (χ0) is 7.56. The molecule has 1 amide bonds. The van der Waals surface area contributed by atoms with Crippen LogP contribution >= 0.6 is 11.6 Å². The Kier molecular flexibility index (Phi) is 2.21. The van der Waals surface area contributed by atoms with Gasteiger partial charge in [-0.3, -0.25) is 0 Å². The van der Waals surface area contributed by atoms with Crippen molar-refractivity contribution in [2.24, 2.45) is 0 Å². The number of hydrogen-bond donors (Lipinski definition) is 1. The molecule has 0 aromatic heterocycles. The van der Waals surface area contributed by atoms with E-state index in [1.807, 2.05) is 0 Å². The van der Waals surface area contributed by atoms with Gasteiger partial charge in [-0.1, -0.05) is 0 Å². The number of nitrogens with one attached hydrogen (secondary N) is 1. The summed E-state index contributed by atoms with van der Waals surface area (Å²) in [7, 11) is 5.07. The average molecular weight is 157 g/mol. The highest BCUT2D eigenvalue weighted by atomic mass is 32.2. The largest absolute Gasteiger partial charge is 0.415 e. The van der Waals surface area contributed by atoms with Gasteiger partial charge in [0.2, 0.25) is 0 Å². The van der Waals surface area contributed by atoms with Crippen molar-refractivity contribution >= 4 is 30.8 Å². The normalized spacial score (nSPS) is 24.2. The smallest absolute Gasteiger partial charge is 0.375 e. The summed E-state index contributed by atoms with van der Waals surface area (Å²) >= 11 is 0.989. The molecule has 1 saturated heterocycles. The van der Waals surface area contributed by atoms with Crippen LogP contribution < -0.4 is 5.32 Å². The van der Waals surface area contributed by atoms with Gasteiger partial charge in [-0.2, -0.15) is 0 Å². The second-order valence-corrected chi connectivity index (χ2v) is 2.41. The van der Waals surface area contributed by atoms with Gasteiger partial charge in [0, 0.05) is 5.75 Å². The minimum Gasteiger partial charge on any atom is -0.375 e. The molecule has 1 rings (SSSR count). The Morgan fingerprint density at radius 1 is 1.70 bits per heavy atom. The molecule has 1 unspecified atom stereocenters. The van der Waals surface area contributed by atoms with Crippen molar-refractivity contribution in [1.29, 1.82) is 0 Å². The Labute approximate surface area is 63.0 Å². The number of cyclic esters (lactones) is 2. The molecule has 52 valence electrons. The number of esters is 1. The van der Waals surface area contributed by atoms with Crippen LogP contribution in [0.2, 0.25) is 0 Å². The molecule has 0 spiro atoms. The van der Waals surface area contributed by atoms with Crippen molar-refractivity contribution < 1.29 is 14.3 Å². The topological polar surface area (TPSA) is 55.4 Å². The van der Waals surface area contributed by atoms with Gasteiger partial charge in [-0.25, -0.2) is 21.2 Å². The molecule has 1 aliphatic rings. The third-order valence-corrected chi connectivity index (χ3v) is 1.56. The first-order valence-electron chi connectivity index (χ1n) is 2.58. The van der Waals surface area contributed by atoms with Crippen LogP contribution in [-0.2, 0) is 9.53 Å². The summed E-state index contributed by atoms with van der Waals surface area (Å²) in [5.74, 6) is -0.201. The second kappa shape index (κ2) is 2.96. The van der Waals surface area contributed by atoms with E-state index in [1.54, 1.807) is 0 Å². The maximum absolute atomic E-state index is 10.6. The number of hydrogen-bond acceptors (Lipinski definition) is 4. The first-order chi connectivity index (χ1) is 4.74. The Hall–Kier alpha value is -0.645. The first-order valence-corrected chi connectivity index (χ1v) is 3.63. The minimum atomic E-state index is -0.691. The van der Waals surface area contributed by atoms with Gasteiger partial charge in [0.05, 0.1) is 0 Å². The first kappa shape index (κ1) is 7.46. The molecule has 0 aromatic rings. The number of carbonyl (C=O) groups excluding carboxylic acids is 2. The van der Waals surface area contributed by atoms with Crippen molar-refractivity contribution in [3.8, 4) is 0 Å². The molecular formula is C4H4BNO3S. The average Bonchev–Trinajstić information content (AvgIpc) is 2.13. The lowest BCUT2D eigenvalue weighted by atomic mass is 10.4. The summed E-state index contributed by atoms with van der Waals surface area (Å²) in [4.78, 5) is 20.9. The molecule has 1 aliphatic heterocycles. The predicted molar refractivity (Wildman–Crippen MR) is 36.6 cm³/mol. The summed E-state index contributed by atoms with van der Waals surface area (Å²) in [6, 6.07) is -0.567. The monoisotopic (exact) mass is 157 g/mol. The maximum Gasteiger partial charge on any atom is 0.415 e. The molecule has 6 heteroatoms. The summed E-state index contributed by atoms with van der Waals surface area (Å²) in [5, 5.41) is 2.29. The number of ether oxygens (including phenoxy) is 1. The second-order valence-electron chi connectivity index (χ2n) is 1.74. The number of rotatable bonds is 2. The molecule has 0 aromatic carbocycles. The van der Waals surface area contributed by atoms with E-state index < -0.39 is 18.1 Å². The Bertz CT molecular complexity index is 174. The molecule has 1 heterocycles. The van der Waals surface area contributed by atoms with E-state index in [4.69, 9.17) is 7.12 Å². The molecule has 10 heavy (non-hydrogen) atoms. The van der Waals surface area contributed by atoms with Crippen LogP contribution in [0, 0.1) is 0 Å². The molecular weight excluding hydrogens is 153 g/mol. The SMILES string of the molecule is [B]SCC1NC(=O)OC1=O. The van der Waals surface area contributed by atoms with Crippen LogP contribution in [0.25, 0.3) is 0 Å². The third kappa shape index (κ3) is 1.44. The van der Waals surface area contributed by atoms with Crippen LogP contribution in [-0.4, -0.2) is 31.0 Å². The van der Waals surface area contributed by atoms with E-state index in [0.29, 0.717) is 5.75 Å². The van der Waals surface area contributed by atoms with Gasteiger partial charge in [0.15, 0.2) is 7.12 Å². The van der Waals surface area contributed by atoms with E-state index in [0.717, 1.165) is 11.6 Å². The highest BCUT2D eigenvalue weighted by molar-refractivity contribution is 8.19. The van der Waals surface area contributed by atoms with Crippen molar-refractivity contribution in [1.82, 2.24) is 5.32 Å². The Morgan fingerprint density at radius 3 is 2.80 bits per heavy atom. The van der Waals surface area contributed by atoms with Crippen molar-refractivity contribution in [2.75, 3.05) is 5.75 Å². The molecule has 0 saturated carbocycles. The van der Waals surface area contributed by atoms with E-state index in [-0.39, 0.29) is 0 Å². The Morgan fingerprint density at radius 2 is 2.40 bits per heavy atom. The van der Waals surface area contributed by atoms with Gasteiger partial charge >= 0.3 is 12.1 Å². The Balaban J connectivity index is 2.46. The van der Waals surface area contributed by atoms with E-state index in [9.17, 15) is 9.59 Å². The zero-order valence-corrected chi connectivity index (χ0v) is 5.81. The van der Waals surface area contributed by atoms with E-state index in [2.05, 4.69) is 10.1 Å². The molecule has 0 bridgehead atoms. The molecule has 0 aliphatic carbocycles. The standard InChI is InChI=1S/C4H4BNO3S/c5-10-1-2-3(7)9-4(8)6-2/h2H,1H2,(H,6,8). The summed E-state index contributed by atoms with van der Waals surface area (Å²) in [6.07, 6.45) is -0.691. The van der Waals surface area contributed by atoms with Gasteiger partial charge in [-0.05, 0) is 0 Å². The van der Waals surface area contributed by atoms with Gasteiger partial charge in [-0.15, -0.1) is 0 Å². The van der Waals surface area contributed by atoms with Gasteiger partial charge < -0.3 is 10.1 Å². The molecule has 2 radical (unpaired) electrons. The molecule has 1 atom stereocenters. The van der Waals surface area contributed by atoms with Crippen molar-refractivity contribution in [3.05, 3.63) is 0 Å². The van der Waals surface area contributed by atoms with Gasteiger partial charge in [0.1, 0.15) is 6.04 Å². The number of carbonyl (C=O) groups is 2. The van der Waals surface area contributed by atoms with Crippen LogP contribution in [0.1, 0.15) is 0 Å². The van der Waals surface area contributed by atoms with Crippen LogP contribution in [0.3, 0.4) is 0 Å². The number of alkyl carbamates (subject to hydrolysis) is 1. The molecule has 1 N–H and O–H groups in total. The van der Waals surface area contributed by atoms with Crippen molar-refractivity contribution in [2.45, 2.75) is 6.04 Å². The highest BCUT2D eigenvalue weighted by Crippen LogP contribution is 2.04.